The molecule has 0 amide bonds. The first-order valence-corrected chi connectivity index (χ1v) is 31.6. The Bertz CT molecular complexity index is 1420. The van der Waals surface area contributed by atoms with Crippen LogP contribution in [-0.2, 0) is 28.6 Å². The number of allylic oxidation sites excluding steroid dienone is 14. The standard InChI is InChI=1S/C68H118O6/c1-4-7-10-13-15-17-19-21-23-25-27-29-30-31-32-33-34-35-36-37-38-39-41-42-44-46-48-50-52-55-58-61-67(70)73-64-65(63-72-66(69)60-57-54-12-9-6-3)74-68(71)62-59-56-53-51-49-47-45-43-40-28-26-24-22-20-18-16-14-11-8-5-2/h7,10,15,17,21,23,27,29,31-32,34-35,37-38,65H,4-6,8-9,11-14,16,18-20,22,24-26,28,30,33,36,39-64H2,1-3H3/b10-7-,17-15-,23-21-,29-27-,32-31-,35-34-,38-37-. The van der Waals surface area contributed by atoms with E-state index in [1.165, 1.54) is 154 Å². The van der Waals surface area contributed by atoms with E-state index in [0.717, 1.165) is 116 Å². The summed E-state index contributed by atoms with van der Waals surface area (Å²) in [5, 5.41) is 0. The Morgan fingerprint density at radius 2 is 0.527 bits per heavy atom. The highest BCUT2D eigenvalue weighted by atomic mass is 16.6. The molecular formula is C68H118O6. The molecule has 426 valence electrons. The van der Waals surface area contributed by atoms with Gasteiger partial charge in [-0.25, -0.2) is 0 Å². The summed E-state index contributed by atoms with van der Waals surface area (Å²) in [5.41, 5.74) is 0. The number of hydrogen-bond donors (Lipinski definition) is 0. The third-order valence-corrected chi connectivity index (χ3v) is 13.7. The van der Waals surface area contributed by atoms with Crippen molar-refractivity contribution in [2.24, 2.45) is 0 Å². The van der Waals surface area contributed by atoms with Gasteiger partial charge in [0.15, 0.2) is 6.10 Å². The molecule has 0 aliphatic carbocycles. The first kappa shape index (κ1) is 70.6. The van der Waals surface area contributed by atoms with Crippen LogP contribution >= 0.6 is 0 Å². The van der Waals surface area contributed by atoms with Crippen LogP contribution in [0.25, 0.3) is 0 Å². The van der Waals surface area contributed by atoms with Gasteiger partial charge in [-0.3, -0.25) is 14.4 Å². The molecule has 0 saturated heterocycles. The average molecular weight is 1030 g/mol. The molecule has 0 radical (unpaired) electrons. The number of hydrogen-bond acceptors (Lipinski definition) is 6. The minimum atomic E-state index is -0.773. The first-order chi connectivity index (χ1) is 36.5. The summed E-state index contributed by atoms with van der Waals surface area (Å²) in [7, 11) is 0. The second-order valence-electron chi connectivity index (χ2n) is 21.0. The molecule has 0 heterocycles. The van der Waals surface area contributed by atoms with Crippen molar-refractivity contribution in [1.29, 1.82) is 0 Å². The van der Waals surface area contributed by atoms with Crippen LogP contribution in [0, 0.1) is 0 Å². The van der Waals surface area contributed by atoms with E-state index in [0.29, 0.717) is 19.3 Å². The predicted octanol–water partition coefficient (Wildman–Crippen LogP) is 21.5. The van der Waals surface area contributed by atoms with E-state index >= 15 is 0 Å². The van der Waals surface area contributed by atoms with E-state index < -0.39 is 6.10 Å². The quantitative estimate of drug-likeness (QED) is 0.0261. The lowest BCUT2D eigenvalue weighted by Gasteiger charge is -2.18. The van der Waals surface area contributed by atoms with Crippen LogP contribution in [0.4, 0.5) is 0 Å². The summed E-state index contributed by atoms with van der Waals surface area (Å²) in [6, 6.07) is 0. The zero-order valence-electron chi connectivity index (χ0n) is 48.8. The van der Waals surface area contributed by atoms with Gasteiger partial charge < -0.3 is 14.2 Å². The fourth-order valence-corrected chi connectivity index (χ4v) is 8.95. The third-order valence-electron chi connectivity index (χ3n) is 13.7. The molecule has 0 aliphatic heterocycles. The Balaban J connectivity index is 4.04. The molecule has 0 bridgehead atoms. The zero-order valence-corrected chi connectivity index (χ0v) is 48.8. The Kier molecular flexibility index (Phi) is 59.3. The molecule has 0 spiro atoms. The molecule has 0 aliphatic rings. The molecule has 6 heteroatoms. The topological polar surface area (TPSA) is 78.9 Å². The van der Waals surface area contributed by atoms with E-state index in [1.54, 1.807) is 0 Å². The van der Waals surface area contributed by atoms with E-state index in [9.17, 15) is 14.4 Å². The molecule has 0 aromatic rings. The molecule has 1 unspecified atom stereocenters. The largest absolute Gasteiger partial charge is 0.462 e. The number of carbonyl (C=O) groups excluding carboxylic acids is 3. The highest BCUT2D eigenvalue weighted by Crippen LogP contribution is 2.17. The van der Waals surface area contributed by atoms with Crippen molar-refractivity contribution in [1.82, 2.24) is 0 Å². The van der Waals surface area contributed by atoms with Crippen LogP contribution in [-0.4, -0.2) is 37.2 Å². The lowest BCUT2D eigenvalue weighted by atomic mass is 10.0. The smallest absolute Gasteiger partial charge is 0.306 e. The van der Waals surface area contributed by atoms with Crippen LogP contribution in [0.15, 0.2) is 85.1 Å². The fraction of sp³-hybridized carbons (Fsp3) is 0.750. The maximum atomic E-state index is 12.8. The second-order valence-corrected chi connectivity index (χ2v) is 21.0. The van der Waals surface area contributed by atoms with Crippen LogP contribution < -0.4 is 0 Å². The van der Waals surface area contributed by atoms with Crippen molar-refractivity contribution in [3.63, 3.8) is 0 Å². The Hall–Kier alpha value is -3.41. The summed E-state index contributed by atoms with van der Waals surface area (Å²) in [6.07, 6.45) is 82.1. The van der Waals surface area contributed by atoms with Crippen LogP contribution in [0.2, 0.25) is 0 Å². The van der Waals surface area contributed by atoms with Gasteiger partial charge in [0, 0.05) is 19.3 Å². The molecule has 1 atom stereocenters. The zero-order chi connectivity index (χ0) is 53.6. The van der Waals surface area contributed by atoms with Crippen molar-refractivity contribution in [2.45, 2.75) is 316 Å². The highest BCUT2D eigenvalue weighted by Gasteiger charge is 2.19. The monoisotopic (exact) mass is 1030 g/mol. The number of unbranched alkanes of at least 4 members (excludes halogenated alkanes) is 32. The molecule has 6 nitrogen and oxygen atoms in total. The van der Waals surface area contributed by atoms with Gasteiger partial charge in [-0.15, -0.1) is 0 Å². The molecule has 0 aromatic heterocycles. The predicted molar refractivity (Wildman–Crippen MR) is 321 cm³/mol. The molecule has 0 fully saturated rings. The Labute approximate surface area is 458 Å². The lowest BCUT2D eigenvalue weighted by molar-refractivity contribution is -0.167. The normalized spacial score (nSPS) is 12.6. The van der Waals surface area contributed by atoms with Crippen molar-refractivity contribution in [2.75, 3.05) is 13.2 Å². The maximum Gasteiger partial charge on any atom is 0.306 e. The van der Waals surface area contributed by atoms with Gasteiger partial charge in [0.2, 0.25) is 0 Å². The molecule has 0 rings (SSSR count). The number of rotatable bonds is 57. The van der Waals surface area contributed by atoms with Crippen molar-refractivity contribution < 1.29 is 28.6 Å². The molecule has 0 aromatic carbocycles. The fourth-order valence-electron chi connectivity index (χ4n) is 8.95. The van der Waals surface area contributed by atoms with Crippen LogP contribution in [0.1, 0.15) is 310 Å². The summed E-state index contributed by atoms with van der Waals surface area (Å²) in [6.45, 7) is 6.47. The van der Waals surface area contributed by atoms with Gasteiger partial charge in [-0.1, -0.05) is 298 Å². The van der Waals surface area contributed by atoms with Gasteiger partial charge in [0.05, 0.1) is 0 Å². The van der Waals surface area contributed by atoms with Crippen molar-refractivity contribution in [3.8, 4) is 0 Å². The van der Waals surface area contributed by atoms with E-state index in [2.05, 4.69) is 106 Å². The van der Waals surface area contributed by atoms with Crippen LogP contribution in [0.3, 0.4) is 0 Å². The van der Waals surface area contributed by atoms with Gasteiger partial charge in [-0.2, -0.15) is 0 Å². The summed E-state index contributed by atoms with van der Waals surface area (Å²) in [5.74, 6) is -0.883. The number of carbonyl (C=O) groups is 3. The second kappa shape index (κ2) is 62.1. The van der Waals surface area contributed by atoms with Gasteiger partial charge >= 0.3 is 17.9 Å². The third kappa shape index (κ3) is 59.5. The SMILES string of the molecule is CC/C=C\C/C=C\C/C=C\C/C=C\C/C=C\C/C=C\C/C=C\CCCCCCCCCCCC(=O)OCC(COC(=O)CCCCCCC)OC(=O)CCCCCCCCCCCCCCCCCCCCCC. The first-order valence-electron chi connectivity index (χ1n) is 31.6. The summed E-state index contributed by atoms with van der Waals surface area (Å²) in [4.78, 5) is 37.9. The summed E-state index contributed by atoms with van der Waals surface area (Å²) >= 11 is 0. The van der Waals surface area contributed by atoms with Crippen LogP contribution in [0.5, 0.6) is 0 Å². The van der Waals surface area contributed by atoms with Gasteiger partial charge in [0.25, 0.3) is 0 Å². The molecule has 0 saturated carbocycles. The molecular weight excluding hydrogens is 913 g/mol. The number of esters is 3. The van der Waals surface area contributed by atoms with Gasteiger partial charge in [0.1, 0.15) is 13.2 Å². The maximum absolute atomic E-state index is 12.8. The minimum absolute atomic E-state index is 0.0756. The summed E-state index contributed by atoms with van der Waals surface area (Å²) < 4.78 is 16.8. The average Bonchev–Trinajstić information content (AvgIpc) is 3.40. The number of ether oxygens (including phenoxy) is 3. The van der Waals surface area contributed by atoms with E-state index in [-0.39, 0.29) is 31.1 Å². The molecule has 0 N–H and O–H groups in total. The van der Waals surface area contributed by atoms with Gasteiger partial charge in [-0.05, 0) is 77.0 Å². The minimum Gasteiger partial charge on any atom is -0.462 e. The van der Waals surface area contributed by atoms with E-state index in [4.69, 9.17) is 14.2 Å². The Morgan fingerprint density at radius 1 is 0.284 bits per heavy atom. The van der Waals surface area contributed by atoms with E-state index in [1.807, 2.05) is 0 Å². The highest BCUT2D eigenvalue weighted by molar-refractivity contribution is 5.71. The lowest BCUT2D eigenvalue weighted by Crippen LogP contribution is -2.30. The van der Waals surface area contributed by atoms with Crippen molar-refractivity contribution >= 4 is 17.9 Å². The van der Waals surface area contributed by atoms with Crippen molar-refractivity contribution in [3.05, 3.63) is 85.1 Å². The molecule has 74 heavy (non-hydrogen) atoms. The Morgan fingerprint density at radius 3 is 0.824 bits per heavy atom.